The van der Waals surface area contributed by atoms with Crippen molar-refractivity contribution in [2.75, 3.05) is 10.8 Å². The summed E-state index contributed by atoms with van der Waals surface area (Å²) in [5.41, 5.74) is 1.78. The quantitative estimate of drug-likeness (QED) is 0.184. The van der Waals surface area contributed by atoms with Gasteiger partial charge in [-0.3, -0.25) is 18.5 Å². The van der Waals surface area contributed by atoms with Gasteiger partial charge in [-0.2, -0.15) is 8.42 Å². The predicted octanol–water partition coefficient (Wildman–Crippen LogP) is 0.831. The molecule has 5 aromatic rings. The van der Waals surface area contributed by atoms with E-state index in [1.54, 1.807) is 51.6 Å². The number of rotatable bonds is 8. The Morgan fingerprint density at radius 2 is 1.59 bits per heavy atom. The molecule has 0 aliphatic carbocycles. The van der Waals surface area contributed by atoms with Gasteiger partial charge in [0.25, 0.3) is 15.7 Å². The summed E-state index contributed by atoms with van der Waals surface area (Å²) in [6.07, 6.45) is 4.99. The van der Waals surface area contributed by atoms with Crippen molar-refractivity contribution in [3.05, 3.63) is 122 Å². The van der Waals surface area contributed by atoms with Gasteiger partial charge in [-0.25, -0.2) is 8.42 Å². The standard InChI is InChI=1S/C31H27N3O7S4.Na/c1-2-32-29(18-28-23(19-44(36,37)38)22-12-6-8-14-26(22)42-28)34(21-10-4-3-5-11-21)25(31(32)35)16-17-30-33(20-45(39,40)41)24-13-7-9-15-27(24)43-30;/h3-18H,2,19-20H2,1H3,(H,36,37,38)(H,39,40,41);/q;+1/p-1/b25-16+,29-18?,30-17-;. The fourth-order valence-corrected chi connectivity index (χ4v) is 8.99. The Morgan fingerprint density at radius 1 is 0.913 bits per heavy atom. The summed E-state index contributed by atoms with van der Waals surface area (Å²) in [6.45, 7) is 2.11. The summed E-state index contributed by atoms with van der Waals surface area (Å²) >= 11 is 2.64. The first kappa shape index (κ1) is 34.4. The van der Waals surface area contributed by atoms with E-state index < -0.39 is 31.9 Å². The first-order chi connectivity index (χ1) is 21.4. The van der Waals surface area contributed by atoms with Gasteiger partial charge < -0.3 is 9.45 Å². The van der Waals surface area contributed by atoms with Crippen LogP contribution in [0.5, 0.6) is 0 Å². The van der Waals surface area contributed by atoms with Crippen molar-refractivity contribution in [2.45, 2.75) is 24.1 Å². The van der Waals surface area contributed by atoms with Crippen LogP contribution < -0.4 is 50.8 Å². The number of aromatic nitrogens is 2. The molecule has 1 N–H and O–H groups in total. The molecule has 0 radical (unpaired) electrons. The molecule has 6 rings (SSSR count). The van der Waals surface area contributed by atoms with Gasteiger partial charge in [0.15, 0.2) is 5.88 Å². The number of para-hydroxylation sites is 2. The number of anilines is 1. The van der Waals surface area contributed by atoms with Crippen LogP contribution in [-0.2, 0) is 32.5 Å². The monoisotopic (exact) mass is 703 g/mol. The van der Waals surface area contributed by atoms with E-state index >= 15 is 0 Å². The molecule has 0 fully saturated rings. The summed E-state index contributed by atoms with van der Waals surface area (Å²) in [5, 5.41) is 1.42. The fourth-order valence-electron chi connectivity index (χ4n) is 5.33. The third kappa shape index (κ3) is 7.15. The van der Waals surface area contributed by atoms with E-state index in [1.807, 2.05) is 61.5 Å². The average Bonchev–Trinajstić information content (AvgIpc) is 3.60. The van der Waals surface area contributed by atoms with Crippen molar-refractivity contribution >= 4 is 71.3 Å². The molecule has 46 heavy (non-hydrogen) atoms. The molecule has 0 amide bonds. The largest absolute Gasteiger partial charge is 1.00 e. The molecule has 1 aliphatic rings. The topological polar surface area (TPSA) is 142 Å². The number of nitrogens with zero attached hydrogens (tertiary/aromatic N) is 3. The molecule has 3 heterocycles. The van der Waals surface area contributed by atoms with E-state index in [-0.39, 0.29) is 47.0 Å². The number of allylic oxidation sites excluding steroid dienone is 1. The molecular formula is C31H26N3NaO7S4. The molecule has 2 aromatic heterocycles. The smallest absolute Gasteiger partial charge is 0.748 e. The number of hydrogen-bond donors (Lipinski definition) is 1. The fraction of sp³-hybridized carbons (Fsp3) is 0.129. The van der Waals surface area contributed by atoms with Gasteiger partial charge in [0.2, 0.25) is 0 Å². The normalized spacial score (nSPS) is 15.1. The minimum Gasteiger partial charge on any atom is -0.748 e. The Kier molecular flexibility index (Phi) is 10.2. The van der Waals surface area contributed by atoms with Crippen molar-refractivity contribution in [2.24, 2.45) is 0 Å². The van der Waals surface area contributed by atoms with Gasteiger partial charge in [-0.15, -0.1) is 11.3 Å². The molecular weight excluding hydrogens is 678 g/mol. The van der Waals surface area contributed by atoms with Gasteiger partial charge in [0.1, 0.15) is 10.8 Å². The van der Waals surface area contributed by atoms with Crippen LogP contribution in [-0.4, -0.2) is 41.0 Å². The maximum atomic E-state index is 14.0. The number of fused-ring (bicyclic) bond motifs is 2. The second-order valence-electron chi connectivity index (χ2n) is 10.1. The molecule has 3 aromatic carbocycles. The van der Waals surface area contributed by atoms with Crippen LogP contribution in [0.25, 0.3) is 27.9 Å². The summed E-state index contributed by atoms with van der Waals surface area (Å²) in [4.78, 5) is 16.8. The Hall–Kier alpha value is -2.92. The Morgan fingerprint density at radius 3 is 2.28 bits per heavy atom. The van der Waals surface area contributed by atoms with Crippen molar-refractivity contribution in [3.63, 3.8) is 0 Å². The third-order valence-electron chi connectivity index (χ3n) is 7.16. The molecule has 10 nitrogen and oxygen atoms in total. The van der Waals surface area contributed by atoms with Crippen LogP contribution in [0, 0.1) is 0 Å². The van der Waals surface area contributed by atoms with Gasteiger partial charge >= 0.3 is 29.6 Å². The SMILES string of the molecule is CCn1c(=O)/c(=C\C=C2/Sc3ccccc3N2CS(=O)(=O)O)n(-c2ccccc2)c1=Cc1sc2ccccc2c1CS(=O)(=O)[O-].[Na+]. The van der Waals surface area contributed by atoms with E-state index in [9.17, 15) is 30.7 Å². The Balaban J connectivity index is 0.00000417. The Labute approximate surface area is 295 Å². The van der Waals surface area contributed by atoms with Crippen LogP contribution in [0.3, 0.4) is 0 Å². The van der Waals surface area contributed by atoms with Gasteiger partial charge in [-0.1, -0.05) is 60.3 Å². The first-order valence-corrected chi connectivity index (χ1v) is 18.5. The molecule has 232 valence electrons. The molecule has 0 bridgehead atoms. The third-order valence-corrected chi connectivity index (χ3v) is 10.7. The first-order valence-electron chi connectivity index (χ1n) is 13.7. The average molecular weight is 704 g/mol. The molecule has 0 atom stereocenters. The van der Waals surface area contributed by atoms with Crippen molar-refractivity contribution in [1.82, 2.24) is 9.13 Å². The van der Waals surface area contributed by atoms with Crippen molar-refractivity contribution in [1.29, 1.82) is 0 Å². The van der Waals surface area contributed by atoms with E-state index in [1.165, 1.54) is 28.0 Å². The number of benzene rings is 3. The van der Waals surface area contributed by atoms with Crippen LogP contribution in [0.1, 0.15) is 17.4 Å². The summed E-state index contributed by atoms with van der Waals surface area (Å²) in [6, 6.07) is 23.6. The zero-order chi connectivity index (χ0) is 31.9. The summed E-state index contributed by atoms with van der Waals surface area (Å²) in [7, 11) is -8.99. The van der Waals surface area contributed by atoms with E-state index in [2.05, 4.69) is 0 Å². The molecule has 15 heteroatoms. The van der Waals surface area contributed by atoms with E-state index in [0.29, 0.717) is 37.7 Å². The van der Waals surface area contributed by atoms with Crippen LogP contribution in [0.2, 0.25) is 0 Å². The summed E-state index contributed by atoms with van der Waals surface area (Å²) < 4.78 is 73.4. The maximum Gasteiger partial charge on any atom is 1.00 e. The van der Waals surface area contributed by atoms with Gasteiger partial charge in [-0.05, 0) is 66.4 Å². The van der Waals surface area contributed by atoms with E-state index in [4.69, 9.17) is 0 Å². The molecule has 0 unspecified atom stereocenters. The molecule has 0 spiro atoms. The second kappa shape index (κ2) is 13.7. The number of thiophene rings is 1. The Bertz CT molecular complexity index is 2380. The molecule has 0 saturated heterocycles. The minimum atomic E-state index is -4.61. The van der Waals surface area contributed by atoms with Crippen LogP contribution in [0.4, 0.5) is 5.69 Å². The van der Waals surface area contributed by atoms with Crippen molar-refractivity contribution in [3.8, 4) is 5.69 Å². The zero-order valence-corrected chi connectivity index (χ0v) is 30.0. The van der Waals surface area contributed by atoms with Crippen LogP contribution >= 0.6 is 23.1 Å². The van der Waals surface area contributed by atoms with Gasteiger partial charge in [0.05, 0.1) is 26.6 Å². The second-order valence-corrected chi connectivity index (χ2v) is 15.1. The van der Waals surface area contributed by atoms with Crippen LogP contribution in [0.15, 0.2) is 99.7 Å². The van der Waals surface area contributed by atoms with Crippen molar-refractivity contribution < 1.29 is 55.5 Å². The number of hydrogen-bond acceptors (Lipinski definition) is 9. The molecule has 1 aliphatic heterocycles. The maximum absolute atomic E-state index is 14.0. The van der Waals surface area contributed by atoms with E-state index in [0.717, 1.165) is 9.60 Å². The predicted molar refractivity (Wildman–Crippen MR) is 177 cm³/mol. The number of imidazole rings is 1. The minimum absolute atomic E-state index is 0. The number of thioether (sulfide) groups is 1. The molecule has 0 saturated carbocycles. The zero-order valence-electron chi connectivity index (χ0n) is 24.7. The summed E-state index contributed by atoms with van der Waals surface area (Å²) in [5.74, 6) is -1.36. The van der Waals surface area contributed by atoms with Gasteiger partial charge in [0, 0.05) is 26.7 Å².